The zero-order valence-electron chi connectivity index (χ0n) is 13.3. The van der Waals surface area contributed by atoms with E-state index in [1.807, 2.05) is 0 Å². The molecular formula is C18H13ClF3N3O. The summed E-state index contributed by atoms with van der Waals surface area (Å²) >= 11 is 6.15. The fourth-order valence-electron chi connectivity index (χ4n) is 2.78. The summed E-state index contributed by atoms with van der Waals surface area (Å²) in [7, 11) is 0. The lowest BCUT2D eigenvalue weighted by Crippen LogP contribution is -2.27. The topological polar surface area (TPSA) is 68.9 Å². The molecule has 0 spiro atoms. The van der Waals surface area contributed by atoms with E-state index in [0.717, 1.165) is 0 Å². The van der Waals surface area contributed by atoms with Crippen molar-refractivity contribution in [2.24, 2.45) is 5.73 Å². The van der Waals surface area contributed by atoms with Crippen LogP contribution >= 0.6 is 11.6 Å². The Morgan fingerprint density at radius 3 is 2.62 bits per heavy atom. The van der Waals surface area contributed by atoms with Crippen LogP contribution in [0.4, 0.5) is 13.2 Å². The molecule has 0 saturated heterocycles. The molecule has 0 saturated carbocycles. The van der Waals surface area contributed by atoms with Gasteiger partial charge in [0.25, 0.3) is 0 Å². The van der Waals surface area contributed by atoms with E-state index in [1.165, 1.54) is 18.5 Å². The molecule has 0 aliphatic rings. The number of carbonyl (C=O) groups is 1. The number of nitrogens with zero attached hydrogens (tertiary/aromatic N) is 2. The number of benzene rings is 1. The first kappa shape index (κ1) is 18.1. The Labute approximate surface area is 151 Å². The lowest BCUT2D eigenvalue weighted by molar-refractivity contribution is -0.156. The van der Waals surface area contributed by atoms with Gasteiger partial charge in [0, 0.05) is 29.8 Å². The number of nitrogens with two attached hydrogens (primary N) is 1. The largest absolute Gasteiger partial charge is 0.396 e. The first-order valence-electron chi connectivity index (χ1n) is 7.62. The minimum atomic E-state index is -4.67. The van der Waals surface area contributed by atoms with Crippen LogP contribution in [0.1, 0.15) is 17.9 Å². The second-order valence-corrected chi connectivity index (χ2v) is 6.15. The minimum Gasteiger partial charge on any atom is -0.370 e. The minimum absolute atomic E-state index is 0.0716. The van der Waals surface area contributed by atoms with E-state index in [2.05, 4.69) is 9.97 Å². The van der Waals surface area contributed by atoms with Gasteiger partial charge in [-0.05, 0) is 29.8 Å². The molecular weight excluding hydrogens is 367 g/mol. The number of primary amides is 1. The maximum absolute atomic E-state index is 13.7. The van der Waals surface area contributed by atoms with Gasteiger partial charge in [0.05, 0.1) is 22.2 Å². The molecule has 8 heteroatoms. The molecule has 0 aliphatic heterocycles. The van der Waals surface area contributed by atoms with Crippen LogP contribution in [0, 0.1) is 0 Å². The predicted octanol–water partition coefficient (Wildman–Crippen LogP) is 4.47. The summed E-state index contributed by atoms with van der Waals surface area (Å²) in [5, 5.41) is 0.761. The first-order valence-corrected chi connectivity index (χ1v) is 7.99. The molecule has 4 nitrogen and oxygen atoms in total. The van der Waals surface area contributed by atoms with E-state index < -0.39 is 24.4 Å². The van der Waals surface area contributed by atoms with E-state index in [0.29, 0.717) is 21.5 Å². The molecule has 2 heterocycles. The summed E-state index contributed by atoms with van der Waals surface area (Å²) in [6, 6.07) is 9.39. The van der Waals surface area contributed by atoms with Crippen LogP contribution in [-0.2, 0) is 4.79 Å². The molecule has 1 amide bonds. The number of pyridine rings is 2. The van der Waals surface area contributed by atoms with Crippen LogP contribution in [0.15, 0.2) is 48.8 Å². The second kappa shape index (κ2) is 6.92. The number of hydrogen-bond donors (Lipinski definition) is 1. The van der Waals surface area contributed by atoms with E-state index in [9.17, 15) is 18.0 Å². The normalized spacial score (nSPS) is 12.9. The number of alkyl halides is 3. The van der Waals surface area contributed by atoms with Gasteiger partial charge in [0.1, 0.15) is 0 Å². The van der Waals surface area contributed by atoms with E-state index in [-0.39, 0.29) is 11.3 Å². The fourth-order valence-corrected chi connectivity index (χ4v) is 3.01. The van der Waals surface area contributed by atoms with Gasteiger partial charge in [-0.1, -0.05) is 23.7 Å². The summed E-state index contributed by atoms with van der Waals surface area (Å²) in [4.78, 5) is 19.6. The van der Waals surface area contributed by atoms with Gasteiger partial charge in [-0.25, -0.2) is 4.98 Å². The Balaban J connectivity index is 2.33. The highest BCUT2D eigenvalue weighted by atomic mass is 35.5. The van der Waals surface area contributed by atoms with Gasteiger partial charge < -0.3 is 5.73 Å². The lowest BCUT2D eigenvalue weighted by Gasteiger charge is -2.22. The van der Waals surface area contributed by atoms with Crippen LogP contribution in [0.5, 0.6) is 0 Å². The maximum atomic E-state index is 13.7. The highest BCUT2D eigenvalue weighted by Crippen LogP contribution is 2.42. The van der Waals surface area contributed by atoms with Gasteiger partial charge >= 0.3 is 6.18 Å². The van der Waals surface area contributed by atoms with Crippen LogP contribution < -0.4 is 5.73 Å². The molecule has 26 heavy (non-hydrogen) atoms. The smallest absolute Gasteiger partial charge is 0.370 e. The zero-order valence-corrected chi connectivity index (χ0v) is 14.1. The predicted molar refractivity (Wildman–Crippen MR) is 92.6 cm³/mol. The van der Waals surface area contributed by atoms with Crippen molar-refractivity contribution < 1.29 is 18.0 Å². The van der Waals surface area contributed by atoms with E-state index in [4.69, 9.17) is 17.3 Å². The first-order chi connectivity index (χ1) is 12.3. The molecule has 3 rings (SSSR count). The van der Waals surface area contributed by atoms with Gasteiger partial charge in [0.2, 0.25) is 5.91 Å². The molecule has 0 aliphatic carbocycles. The van der Waals surface area contributed by atoms with Crippen LogP contribution in [0.2, 0.25) is 5.02 Å². The van der Waals surface area contributed by atoms with Crippen molar-refractivity contribution in [1.29, 1.82) is 0 Å². The number of fused-ring (bicyclic) bond motifs is 1. The molecule has 0 unspecified atom stereocenters. The van der Waals surface area contributed by atoms with Gasteiger partial charge in [-0.2, -0.15) is 13.2 Å². The Kier molecular flexibility index (Phi) is 4.82. The average Bonchev–Trinajstić information content (AvgIpc) is 2.59. The number of aromatic nitrogens is 2. The van der Waals surface area contributed by atoms with E-state index >= 15 is 0 Å². The van der Waals surface area contributed by atoms with E-state index in [1.54, 1.807) is 30.3 Å². The van der Waals surface area contributed by atoms with Crippen molar-refractivity contribution in [1.82, 2.24) is 9.97 Å². The number of halogens is 4. The van der Waals surface area contributed by atoms with Crippen molar-refractivity contribution in [2.45, 2.75) is 18.5 Å². The zero-order chi connectivity index (χ0) is 18.9. The van der Waals surface area contributed by atoms with Gasteiger partial charge in [0.15, 0.2) is 0 Å². The second-order valence-electron chi connectivity index (χ2n) is 5.74. The average molecular weight is 380 g/mol. The molecule has 0 bridgehead atoms. The third kappa shape index (κ3) is 3.62. The number of hydrogen-bond acceptors (Lipinski definition) is 3. The number of para-hydroxylation sites is 1. The Morgan fingerprint density at radius 2 is 2.00 bits per heavy atom. The number of amides is 1. The maximum Gasteiger partial charge on any atom is 0.396 e. The van der Waals surface area contributed by atoms with Crippen molar-refractivity contribution >= 4 is 28.4 Å². The summed E-state index contributed by atoms with van der Waals surface area (Å²) < 4.78 is 41.0. The molecule has 0 fully saturated rings. The quantitative estimate of drug-likeness (QED) is 0.727. The molecule has 2 aromatic heterocycles. The van der Waals surface area contributed by atoms with Crippen molar-refractivity contribution in [2.75, 3.05) is 0 Å². The monoisotopic (exact) mass is 379 g/mol. The van der Waals surface area contributed by atoms with Crippen LogP contribution in [0.25, 0.3) is 22.2 Å². The molecule has 134 valence electrons. The Bertz CT molecular complexity index is 961. The highest BCUT2D eigenvalue weighted by Gasteiger charge is 2.43. The van der Waals surface area contributed by atoms with Crippen LogP contribution in [-0.4, -0.2) is 22.1 Å². The summed E-state index contributed by atoms with van der Waals surface area (Å²) in [6.45, 7) is 0. The Morgan fingerprint density at radius 1 is 1.23 bits per heavy atom. The third-order valence-electron chi connectivity index (χ3n) is 3.94. The third-order valence-corrected chi connectivity index (χ3v) is 4.24. The van der Waals surface area contributed by atoms with Crippen molar-refractivity contribution in [3.8, 4) is 11.3 Å². The highest BCUT2D eigenvalue weighted by molar-refractivity contribution is 6.35. The molecule has 1 atom stereocenters. The number of rotatable bonds is 4. The molecule has 0 radical (unpaired) electrons. The summed E-state index contributed by atoms with van der Waals surface area (Å²) in [5.74, 6) is -3.12. The van der Waals surface area contributed by atoms with Crippen molar-refractivity contribution in [3.63, 3.8) is 0 Å². The van der Waals surface area contributed by atoms with Gasteiger partial charge in [-0.3, -0.25) is 9.78 Å². The van der Waals surface area contributed by atoms with Crippen LogP contribution in [0.3, 0.4) is 0 Å². The molecule has 3 aromatic rings. The standard InChI is InChI=1S/C18H13ClF3N3O/c19-14-5-1-3-10-7-12(13(8-15(23)26)18(20,21)22)16(25-17(10)14)11-4-2-6-24-9-11/h1-7,9,13H,8H2,(H2,23,26)/t13-/m1/s1. The summed E-state index contributed by atoms with van der Waals surface area (Å²) in [6.07, 6.45) is -2.63. The fraction of sp³-hybridized carbons (Fsp3) is 0.167. The Hall–Kier alpha value is -2.67. The van der Waals surface area contributed by atoms with Crippen molar-refractivity contribution in [3.05, 3.63) is 59.4 Å². The lowest BCUT2D eigenvalue weighted by atomic mass is 9.90. The summed E-state index contributed by atoms with van der Waals surface area (Å²) in [5.41, 5.74) is 5.76. The molecule has 1 aromatic carbocycles. The van der Waals surface area contributed by atoms with Gasteiger partial charge in [-0.15, -0.1) is 0 Å². The molecule has 2 N–H and O–H groups in total. The SMILES string of the molecule is NC(=O)C[C@H](c1cc2cccc(Cl)c2nc1-c1cccnc1)C(F)(F)F. The number of carbonyl (C=O) groups excluding carboxylic acids is 1.